The summed E-state index contributed by atoms with van der Waals surface area (Å²) < 4.78 is 30.2. The molecule has 0 fully saturated rings. The van der Waals surface area contributed by atoms with E-state index in [4.69, 9.17) is 4.74 Å². The molecule has 27 heavy (non-hydrogen) atoms. The van der Waals surface area contributed by atoms with Crippen molar-refractivity contribution in [2.45, 2.75) is 25.2 Å². The Morgan fingerprint density at radius 3 is 2.37 bits per heavy atom. The summed E-state index contributed by atoms with van der Waals surface area (Å²) in [6.07, 6.45) is -0.319. The van der Waals surface area contributed by atoms with Crippen LogP contribution in [0.15, 0.2) is 51.8 Å². The Bertz CT molecular complexity index is 939. The molecule has 1 N–H and O–H groups in total. The molecule has 0 radical (unpaired) electrons. The first-order valence-corrected chi connectivity index (χ1v) is 10.6. The number of halogens is 1. The van der Waals surface area contributed by atoms with Crippen molar-refractivity contribution in [3.05, 3.63) is 58.1 Å². The average Bonchev–Trinajstić information content (AvgIpc) is 2.61. The maximum atomic E-state index is 12.2. The average molecular weight is 454 g/mol. The number of sulfone groups is 1. The van der Waals surface area contributed by atoms with E-state index in [0.717, 1.165) is 15.6 Å². The normalized spacial score (nSPS) is 11.1. The number of rotatable bonds is 7. The molecule has 0 saturated heterocycles. The first kappa shape index (κ1) is 21.1. The molecule has 0 heterocycles. The maximum Gasteiger partial charge on any atom is 0.307 e. The third kappa shape index (κ3) is 6.48. The number of nitrogens with one attached hydrogen (secondary N) is 1. The highest BCUT2D eigenvalue weighted by Gasteiger charge is 2.17. The van der Waals surface area contributed by atoms with Gasteiger partial charge in [-0.3, -0.25) is 9.59 Å². The molecule has 2 aromatic carbocycles. The summed E-state index contributed by atoms with van der Waals surface area (Å²) in [6.45, 7) is 3.22. The Kier molecular flexibility index (Phi) is 7.15. The van der Waals surface area contributed by atoms with Crippen molar-refractivity contribution in [1.29, 1.82) is 0 Å². The van der Waals surface area contributed by atoms with Crippen LogP contribution in [0.1, 0.15) is 17.5 Å². The van der Waals surface area contributed by atoms with Gasteiger partial charge in [0.1, 0.15) is 0 Å². The molecular weight excluding hydrogens is 434 g/mol. The van der Waals surface area contributed by atoms with E-state index in [2.05, 4.69) is 21.2 Å². The molecule has 0 saturated carbocycles. The fourth-order valence-electron chi connectivity index (χ4n) is 2.25. The van der Waals surface area contributed by atoms with Crippen LogP contribution < -0.4 is 5.32 Å². The third-order valence-electron chi connectivity index (χ3n) is 3.78. The lowest BCUT2D eigenvalue weighted by Gasteiger charge is -2.09. The fourth-order valence-corrected chi connectivity index (χ4v) is 3.95. The minimum atomic E-state index is -3.57. The van der Waals surface area contributed by atoms with Crippen molar-refractivity contribution >= 4 is 43.3 Å². The highest BCUT2D eigenvalue weighted by atomic mass is 79.9. The van der Waals surface area contributed by atoms with Crippen LogP contribution in [0, 0.1) is 13.8 Å². The van der Waals surface area contributed by atoms with Crippen LogP contribution in [-0.2, 0) is 24.2 Å². The van der Waals surface area contributed by atoms with Crippen LogP contribution in [-0.4, -0.2) is 32.7 Å². The topological polar surface area (TPSA) is 89.5 Å². The van der Waals surface area contributed by atoms with Gasteiger partial charge in [-0.25, -0.2) is 8.42 Å². The van der Waals surface area contributed by atoms with Gasteiger partial charge in [0, 0.05) is 10.2 Å². The molecule has 2 aromatic rings. The summed E-state index contributed by atoms with van der Waals surface area (Å²) in [6, 6.07) is 11.8. The zero-order valence-corrected chi connectivity index (χ0v) is 17.4. The van der Waals surface area contributed by atoms with Gasteiger partial charge in [-0.05, 0) is 49.7 Å². The lowest BCUT2D eigenvalue weighted by atomic mass is 10.2. The van der Waals surface area contributed by atoms with Gasteiger partial charge in [0.2, 0.25) is 0 Å². The zero-order chi connectivity index (χ0) is 20.0. The summed E-state index contributed by atoms with van der Waals surface area (Å²) >= 11 is 3.33. The molecule has 0 aliphatic heterocycles. The summed E-state index contributed by atoms with van der Waals surface area (Å²) in [7, 11) is -3.57. The molecule has 8 heteroatoms. The number of ether oxygens (including phenoxy) is 1. The number of aryl methyl sites for hydroxylation is 2. The second-order valence-corrected chi connectivity index (χ2v) is 9.07. The molecule has 1 amide bonds. The van der Waals surface area contributed by atoms with Gasteiger partial charge in [0.15, 0.2) is 16.4 Å². The van der Waals surface area contributed by atoms with Gasteiger partial charge >= 0.3 is 5.97 Å². The standard InChI is InChI=1S/C19H20BrNO5S/c1-13-3-6-16(7-4-13)27(24,25)10-9-19(23)26-12-18(22)21-17-8-5-15(20)11-14(17)2/h3-8,11H,9-10,12H2,1-2H3,(H,21,22). The molecule has 144 valence electrons. The predicted octanol–water partition coefficient (Wildman–Crippen LogP) is 3.41. The SMILES string of the molecule is Cc1ccc(S(=O)(=O)CCC(=O)OCC(=O)Nc2ccc(Br)cc2C)cc1. The number of carbonyl (C=O) groups excluding carboxylic acids is 2. The van der Waals surface area contributed by atoms with Crippen molar-refractivity contribution in [1.82, 2.24) is 0 Å². The van der Waals surface area contributed by atoms with Crippen LogP contribution in [0.3, 0.4) is 0 Å². The molecule has 0 aliphatic rings. The highest BCUT2D eigenvalue weighted by Crippen LogP contribution is 2.20. The lowest BCUT2D eigenvalue weighted by Crippen LogP contribution is -2.22. The van der Waals surface area contributed by atoms with E-state index in [1.165, 1.54) is 12.1 Å². The Balaban J connectivity index is 1.81. The van der Waals surface area contributed by atoms with Crippen LogP contribution in [0.4, 0.5) is 5.69 Å². The number of benzene rings is 2. The summed E-state index contributed by atoms with van der Waals surface area (Å²) in [5.74, 6) is -1.61. The number of hydrogen-bond donors (Lipinski definition) is 1. The molecule has 0 atom stereocenters. The largest absolute Gasteiger partial charge is 0.456 e. The van der Waals surface area contributed by atoms with Crippen LogP contribution in [0.5, 0.6) is 0 Å². The van der Waals surface area contributed by atoms with Crippen molar-refractivity contribution in [2.24, 2.45) is 0 Å². The van der Waals surface area contributed by atoms with Gasteiger partial charge in [-0.1, -0.05) is 33.6 Å². The molecule has 2 rings (SSSR count). The summed E-state index contributed by atoms with van der Waals surface area (Å²) in [5, 5.41) is 2.64. The molecule has 0 spiro atoms. The minimum absolute atomic E-state index is 0.157. The Morgan fingerprint density at radius 2 is 1.74 bits per heavy atom. The van der Waals surface area contributed by atoms with Crippen LogP contribution in [0.2, 0.25) is 0 Å². The molecule has 0 unspecified atom stereocenters. The smallest absolute Gasteiger partial charge is 0.307 e. The van der Waals surface area contributed by atoms with E-state index in [0.29, 0.717) is 5.69 Å². The van der Waals surface area contributed by atoms with Crippen molar-refractivity contribution in [3.8, 4) is 0 Å². The Morgan fingerprint density at radius 1 is 1.07 bits per heavy atom. The Labute approximate surface area is 167 Å². The van der Waals surface area contributed by atoms with Gasteiger partial charge < -0.3 is 10.1 Å². The molecular formula is C19H20BrNO5S. The van der Waals surface area contributed by atoms with Crippen molar-refractivity contribution in [3.63, 3.8) is 0 Å². The quantitative estimate of drug-likeness (QED) is 0.648. The van der Waals surface area contributed by atoms with Crippen molar-refractivity contribution in [2.75, 3.05) is 17.7 Å². The number of anilines is 1. The highest BCUT2D eigenvalue weighted by molar-refractivity contribution is 9.10. The monoisotopic (exact) mass is 453 g/mol. The Hall–Kier alpha value is -2.19. The fraction of sp³-hybridized carbons (Fsp3) is 0.263. The van der Waals surface area contributed by atoms with E-state index < -0.39 is 28.3 Å². The number of carbonyl (C=O) groups is 2. The van der Waals surface area contributed by atoms with E-state index >= 15 is 0 Å². The molecule has 0 aliphatic carbocycles. The van der Waals surface area contributed by atoms with Gasteiger partial charge in [-0.15, -0.1) is 0 Å². The van der Waals surface area contributed by atoms with Gasteiger partial charge in [0.05, 0.1) is 17.1 Å². The summed E-state index contributed by atoms with van der Waals surface area (Å²) in [4.78, 5) is 23.8. The number of esters is 1. The molecule has 0 aromatic heterocycles. The molecule has 6 nitrogen and oxygen atoms in total. The van der Waals surface area contributed by atoms with Gasteiger partial charge in [-0.2, -0.15) is 0 Å². The number of amides is 1. The van der Waals surface area contributed by atoms with Crippen molar-refractivity contribution < 1.29 is 22.7 Å². The van der Waals surface area contributed by atoms with E-state index in [1.54, 1.807) is 24.3 Å². The van der Waals surface area contributed by atoms with E-state index in [9.17, 15) is 18.0 Å². The molecule has 0 bridgehead atoms. The maximum absolute atomic E-state index is 12.2. The van der Waals surface area contributed by atoms with Gasteiger partial charge in [0.25, 0.3) is 5.91 Å². The van der Waals surface area contributed by atoms with Crippen LogP contribution >= 0.6 is 15.9 Å². The second-order valence-electron chi connectivity index (χ2n) is 6.05. The first-order valence-electron chi connectivity index (χ1n) is 8.18. The summed E-state index contributed by atoms with van der Waals surface area (Å²) in [5.41, 5.74) is 2.41. The van der Waals surface area contributed by atoms with Crippen LogP contribution in [0.25, 0.3) is 0 Å². The minimum Gasteiger partial charge on any atom is -0.456 e. The first-order chi connectivity index (χ1) is 12.7. The third-order valence-corrected chi connectivity index (χ3v) is 6.01. The second kappa shape index (κ2) is 9.14. The van der Waals surface area contributed by atoms with E-state index in [1.807, 2.05) is 19.9 Å². The van der Waals surface area contributed by atoms with E-state index in [-0.39, 0.29) is 17.1 Å². The zero-order valence-electron chi connectivity index (χ0n) is 15.0. The number of hydrogen-bond acceptors (Lipinski definition) is 5. The lowest BCUT2D eigenvalue weighted by molar-refractivity contribution is -0.146. The predicted molar refractivity (Wildman–Crippen MR) is 106 cm³/mol.